The summed E-state index contributed by atoms with van der Waals surface area (Å²) in [5, 5.41) is 10.8. The Morgan fingerprint density at radius 3 is 2.71 bits per heavy atom. The summed E-state index contributed by atoms with van der Waals surface area (Å²) in [7, 11) is -3.74. The monoisotopic (exact) mass is 332 g/mol. The van der Waals surface area contributed by atoms with Crippen LogP contribution in [0.5, 0.6) is 0 Å². The topological polar surface area (TPSA) is 80.5 Å². The quantitative estimate of drug-likeness (QED) is 0.628. The summed E-state index contributed by atoms with van der Waals surface area (Å²) in [4.78, 5) is 10.2. The minimum atomic E-state index is -3.74. The van der Waals surface area contributed by atoms with Crippen molar-refractivity contribution in [3.63, 3.8) is 0 Å². The minimum Gasteiger partial charge on any atom is -0.258 e. The van der Waals surface area contributed by atoms with E-state index in [0.717, 1.165) is 31.7 Å². The molecule has 0 bridgehead atoms. The lowest BCUT2D eigenvalue weighted by molar-refractivity contribution is -0.384. The molecule has 1 aromatic rings. The van der Waals surface area contributed by atoms with Gasteiger partial charge in [-0.3, -0.25) is 10.1 Å². The Morgan fingerprint density at radius 1 is 1.33 bits per heavy atom. The van der Waals surface area contributed by atoms with E-state index in [0.29, 0.717) is 6.54 Å². The largest absolute Gasteiger partial charge is 0.289 e. The molecule has 1 aliphatic rings. The molecule has 1 heterocycles. The van der Waals surface area contributed by atoms with Crippen LogP contribution in [0.4, 0.5) is 5.69 Å². The van der Waals surface area contributed by atoms with Crippen LogP contribution in [0.2, 0.25) is 5.02 Å². The minimum absolute atomic E-state index is 0.0668. The van der Waals surface area contributed by atoms with Gasteiger partial charge in [0.1, 0.15) is 5.02 Å². The van der Waals surface area contributed by atoms with Crippen molar-refractivity contribution in [3.8, 4) is 0 Å². The van der Waals surface area contributed by atoms with Crippen molar-refractivity contribution >= 4 is 27.3 Å². The van der Waals surface area contributed by atoms with E-state index >= 15 is 0 Å². The van der Waals surface area contributed by atoms with Gasteiger partial charge in [0.15, 0.2) is 0 Å². The number of halogens is 1. The zero-order valence-corrected chi connectivity index (χ0v) is 13.2. The van der Waals surface area contributed by atoms with Crippen molar-refractivity contribution in [1.82, 2.24) is 4.31 Å². The maximum Gasteiger partial charge on any atom is 0.289 e. The Hall–Kier alpha value is -1.18. The van der Waals surface area contributed by atoms with Gasteiger partial charge in [0, 0.05) is 18.7 Å². The number of hydrogen-bond acceptors (Lipinski definition) is 4. The lowest BCUT2D eigenvalue weighted by Crippen LogP contribution is -2.38. The molecule has 1 fully saturated rings. The Kier molecular flexibility index (Phi) is 4.85. The lowest BCUT2D eigenvalue weighted by Gasteiger charge is -2.26. The second-order valence-corrected chi connectivity index (χ2v) is 7.48. The zero-order valence-electron chi connectivity index (χ0n) is 11.7. The van der Waals surface area contributed by atoms with Crippen LogP contribution in [-0.4, -0.2) is 30.2 Å². The van der Waals surface area contributed by atoms with Gasteiger partial charge in [-0.1, -0.05) is 24.4 Å². The summed E-state index contributed by atoms with van der Waals surface area (Å²) in [6.45, 7) is 2.31. The summed E-state index contributed by atoms with van der Waals surface area (Å²) in [5.74, 6) is 0. The molecule has 8 heteroatoms. The smallest absolute Gasteiger partial charge is 0.258 e. The second kappa shape index (κ2) is 6.29. The van der Waals surface area contributed by atoms with Crippen LogP contribution in [0, 0.1) is 10.1 Å². The molecule has 1 aliphatic heterocycles. The van der Waals surface area contributed by atoms with Crippen LogP contribution in [0.25, 0.3) is 0 Å². The summed E-state index contributed by atoms with van der Waals surface area (Å²) < 4.78 is 26.8. The molecule has 1 unspecified atom stereocenters. The number of benzene rings is 1. The SMILES string of the molecule is CC1CCCCCN1S(=O)(=O)c1ccc(Cl)c([N+](=O)[O-])c1. The summed E-state index contributed by atoms with van der Waals surface area (Å²) in [5.41, 5.74) is -0.389. The van der Waals surface area contributed by atoms with Gasteiger partial charge in [-0.25, -0.2) is 8.42 Å². The maximum absolute atomic E-state index is 12.7. The normalized spacial score (nSPS) is 21.0. The average Bonchev–Trinajstić information content (AvgIpc) is 2.63. The first-order chi connectivity index (χ1) is 9.84. The molecular weight excluding hydrogens is 316 g/mol. The van der Waals surface area contributed by atoms with Gasteiger partial charge in [0.05, 0.1) is 9.82 Å². The van der Waals surface area contributed by atoms with Crippen LogP contribution >= 0.6 is 11.6 Å². The predicted molar refractivity (Wildman–Crippen MR) is 79.9 cm³/mol. The third-order valence-corrected chi connectivity index (χ3v) is 6.04. The molecule has 1 aromatic carbocycles. The molecule has 0 N–H and O–H groups in total. The highest BCUT2D eigenvalue weighted by molar-refractivity contribution is 7.89. The predicted octanol–water partition coefficient (Wildman–Crippen LogP) is 3.20. The third kappa shape index (κ3) is 3.36. The number of nitro benzene ring substituents is 1. The van der Waals surface area contributed by atoms with E-state index in [9.17, 15) is 18.5 Å². The fourth-order valence-electron chi connectivity index (χ4n) is 2.53. The van der Waals surface area contributed by atoms with Crippen molar-refractivity contribution in [2.24, 2.45) is 0 Å². The molecule has 0 radical (unpaired) electrons. The first kappa shape index (κ1) is 16.2. The average molecular weight is 333 g/mol. The van der Waals surface area contributed by atoms with Crippen molar-refractivity contribution in [3.05, 3.63) is 33.3 Å². The Balaban J connectivity index is 2.43. The van der Waals surface area contributed by atoms with Crippen LogP contribution in [0.3, 0.4) is 0 Å². The van der Waals surface area contributed by atoms with Crippen LogP contribution in [0.1, 0.15) is 32.6 Å². The number of hydrogen-bond donors (Lipinski definition) is 0. The van der Waals surface area contributed by atoms with Crippen molar-refractivity contribution in [2.75, 3.05) is 6.54 Å². The first-order valence-corrected chi connectivity index (χ1v) is 8.61. The maximum atomic E-state index is 12.7. The first-order valence-electron chi connectivity index (χ1n) is 6.80. The highest BCUT2D eigenvalue weighted by atomic mass is 35.5. The van der Waals surface area contributed by atoms with E-state index in [4.69, 9.17) is 11.6 Å². The summed E-state index contributed by atoms with van der Waals surface area (Å²) >= 11 is 5.73. The molecule has 0 spiro atoms. The molecule has 0 amide bonds. The number of rotatable bonds is 3. The molecule has 6 nitrogen and oxygen atoms in total. The number of nitro groups is 1. The van der Waals surface area contributed by atoms with Gasteiger partial charge in [-0.15, -0.1) is 0 Å². The van der Waals surface area contributed by atoms with Crippen molar-refractivity contribution < 1.29 is 13.3 Å². The van der Waals surface area contributed by atoms with E-state index in [1.54, 1.807) is 0 Å². The number of nitrogens with zero attached hydrogens (tertiary/aromatic N) is 2. The van der Waals surface area contributed by atoms with Crippen molar-refractivity contribution in [1.29, 1.82) is 0 Å². The van der Waals surface area contributed by atoms with Crippen molar-refractivity contribution in [2.45, 2.75) is 43.5 Å². The molecule has 0 saturated carbocycles. The van der Waals surface area contributed by atoms with E-state index in [1.807, 2.05) is 6.92 Å². The van der Waals surface area contributed by atoms with Crippen LogP contribution < -0.4 is 0 Å². The van der Waals surface area contributed by atoms with Crippen LogP contribution in [-0.2, 0) is 10.0 Å². The third-order valence-electron chi connectivity index (χ3n) is 3.71. The summed E-state index contributed by atoms with van der Waals surface area (Å²) in [6.07, 6.45) is 3.60. The fourth-order valence-corrected chi connectivity index (χ4v) is 4.44. The highest BCUT2D eigenvalue weighted by Gasteiger charge is 2.31. The standard InChI is InChI=1S/C13H17ClN2O4S/c1-10-5-3-2-4-8-15(10)21(19,20)11-6-7-12(14)13(9-11)16(17)18/h6-7,9-10H,2-5,8H2,1H3. The molecule has 116 valence electrons. The molecule has 0 aliphatic carbocycles. The van der Waals surface area contributed by atoms with Gasteiger partial charge in [0.25, 0.3) is 5.69 Å². The molecule has 0 aromatic heterocycles. The van der Waals surface area contributed by atoms with E-state index in [2.05, 4.69) is 0 Å². The van der Waals surface area contributed by atoms with Gasteiger partial charge >= 0.3 is 0 Å². The molecular formula is C13H17ClN2O4S. The van der Waals surface area contributed by atoms with Gasteiger partial charge in [-0.2, -0.15) is 4.31 Å². The van der Waals surface area contributed by atoms with Gasteiger partial charge in [-0.05, 0) is 31.9 Å². The highest BCUT2D eigenvalue weighted by Crippen LogP contribution is 2.30. The Morgan fingerprint density at radius 2 is 2.05 bits per heavy atom. The van der Waals surface area contributed by atoms with Gasteiger partial charge < -0.3 is 0 Å². The Bertz CT molecular complexity index is 648. The number of sulfonamides is 1. The molecule has 21 heavy (non-hydrogen) atoms. The second-order valence-electron chi connectivity index (χ2n) is 5.18. The molecule has 1 saturated heterocycles. The molecule has 1 atom stereocenters. The summed E-state index contributed by atoms with van der Waals surface area (Å²) in [6, 6.07) is 3.51. The van der Waals surface area contributed by atoms with E-state index < -0.39 is 14.9 Å². The Labute approximate surface area is 128 Å². The zero-order chi connectivity index (χ0) is 15.6. The molecule has 2 rings (SSSR count). The van der Waals surface area contributed by atoms with Gasteiger partial charge in [0.2, 0.25) is 10.0 Å². The van der Waals surface area contributed by atoms with E-state index in [-0.39, 0.29) is 21.6 Å². The lowest BCUT2D eigenvalue weighted by atomic mass is 10.1. The van der Waals surface area contributed by atoms with E-state index in [1.165, 1.54) is 16.4 Å². The fraction of sp³-hybridized carbons (Fsp3) is 0.538. The van der Waals surface area contributed by atoms with Crippen LogP contribution in [0.15, 0.2) is 23.1 Å².